The van der Waals surface area contributed by atoms with Gasteiger partial charge in [-0.15, -0.1) is 11.3 Å². The minimum atomic E-state index is -0.987. The fourth-order valence-electron chi connectivity index (χ4n) is 3.15. The molecular weight excluding hydrogens is 376 g/mol. The van der Waals surface area contributed by atoms with Crippen molar-refractivity contribution in [2.24, 2.45) is 0 Å². The molecule has 1 aliphatic rings. The number of carboxylic acid groups (broad SMARTS) is 1. The highest BCUT2D eigenvalue weighted by Gasteiger charge is 2.18. The van der Waals surface area contributed by atoms with Crippen LogP contribution in [0.25, 0.3) is 5.57 Å². The van der Waals surface area contributed by atoms with Crippen molar-refractivity contribution in [2.75, 3.05) is 24.1 Å². The molecule has 6 N–H and O–H groups in total. The Morgan fingerprint density at radius 1 is 1.25 bits per heavy atom. The van der Waals surface area contributed by atoms with Crippen LogP contribution in [0.1, 0.15) is 33.8 Å². The molecule has 1 unspecified atom stereocenters. The summed E-state index contributed by atoms with van der Waals surface area (Å²) < 4.78 is 0. The molecule has 3 rings (SSSR count). The number of hydrogen-bond acceptors (Lipinski definition) is 5. The molecule has 0 spiro atoms. The molecule has 0 bridgehead atoms. The number of rotatable bonds is 7. The smallest absolute Gasteiger partial charge is 0.404 e. The van der Waals surface area contributed by atoms with Gasteiger partial charge in [-0.1, -0.05) is 18.2 Å². The van der Waals surface area contributed by atoms with Crippen molar-refractivity contribution in [3.8, 4) is 0 Å². The third-order valence-corrected chi connectivity index (χ3v) is 5.74. The summed E-state index contributed by atoms with van der Waals surface area (Å²) in [6.45, 7) is 1.23. The second kappa shape index (κ2) is 9.38. The molecule has 7 nitrogen and oxygen atoms in total. The molecule has 0 saturated carbocycles. The predicted molar refractivity (Wildman–Crippen MR) is 113 cm³/mol. The van der Waals surface area contributed by atoms with Gasteiger partial charge in [0, 0.05) is 24.0 Å². The molecule has 2 aromatic rings. The summed E-state index contributed by atoms with van der Waals surface area (Å²) in [5, 5.41) is 17.3. The van der Waals surface area contributed by atoms with Crippen LogP contribution in [-0.2, 0) is 0 Å². The van der Waals surface area contributed by atoms with E-state index < -0.39 is 6.09 Å². The molecule has 148 valence electrons. The lowest BCUT2D eigenvalue weighted by atomic mass is 9.97. The van der Waals surface area contributed by atoms with E-state index in [1.165, 1.54) is 16.9 Å². The van der Waals surface area contributed by atoms with Gasteiger partial charge in [-0.05, 0) is 49.1 Å². The van der Waals surface area contributed by atoms with E-state index in [-0.39, 0.29) is 5.91 Å². The summed E-state index contributed by atoms with van der Waals surface area (Å²) in [5.41, 5.74) is 8.25. The van der Waals surface area contributed by atoms with E-state index in [1.807, 2.05) is 24.3 Å². The Bertz CT molecular complexity index is 878. The Balaban J connectivity index is 1.57. The second-order valence-electron chi connectivity index (χ2n) is 6.62. The van der Waals surface area contributed by atoms with Crippen LogP contribution in [0.2, 0.25) is 0 Å². The Labute approximate surface area is 167 Å². The first-order valence-corrected chi connectivity index (χ1v) is 10.00. The Morgan fingerprint density at radius 2 is 2.07 bits per heavy atom. The van der Waals surface area contributed by atoms with Crippen molar-refractivity contribution >= 4 is 40.3 Å². The first kappa shape index (κ1) is 19.9. The molecule has 1 aromatic heterocycles. The highest BCUT2D eigenvalue weighted by molar-refractivity contribution is 7.15. The average Bonchev–Trinajstić information content (AvgIpc) is 3.18. The lowest BCUT2D eigenvalue weighted by Crippen LogP contribution is -2.33. The fraction of sp³-hybridized carbons (Fsp3) is 0.300. The van der Waals surface area contributed by atoms with Crippen LogP contribution in [0.5, 0.6) is 0 Å². The Morgan fingerprint density at radius 3 is 2.86 bits per heavy atom. The van der Waals surface area contributed by atoms with E-state index >= 15 is 0 Å². The van der Waals surface area contributed by atoms with Gasteiger partial charge in [0.15, 0.2) is 0 Å². The number of nitrogens with two attached hydrogens (primary N) is 1. The van der Waals surface area contributed by atoms with Gasteiger partial charge in [0.05, 0.1) is 16.3 Å². The number of carbonyl (C=O) groups excluding carboxylic acids is 1. The van der Waals surface area contributed by atoms with Crippen LogP contribution in [0.15, 0.2) is 42.5 Å². The molecule has 1 aromatic carbocycles. The normalized spacial score (nSPS) is 16.3. The van der Waals surface area contributed by atoms with E-state index in [4.69, 9.17) is 10.8 Å². The summed E-state index contributed by atoms with van der Waals surface area (Å²) in [4.78, 5) is 24.7. The zero-order valence-electron chi connectivity index (χ0n) is 15.4. The molecular formula is C20H24N4O3S. The van der Waals surface area contributed by atoms with Crippen molar-refractivity contribution in [1.82, 2.24) is 10.6 Å². The standard InChI is InChI=1S/C20H24N4O3S/c21-15-5-1-2-6-16(15)24-19(25)18-8-7-17(28-18)13-9-11-22-14(12-13)4-3-10-23-20(26)27/h1-2,5-9,14,22-23H,3-4,10-12,21H2,(H,24,25)(H,26,27). The number of nitrogen functional groups attached to an aromatic ring is 1. The van der Waals surface area contributed by atoms with Crippen LogP contribution < -0.4 is 21.7 Å². The van der Waals surface area contributed by atoms with Gasteiger partial charge in [0.1, 0.15) is 0 Å². The Kier molecular flexibility index (Phi) is 6.67. The van der Waals surface area contributed by atoms with Gasteiger partial charge in [-0.3, -0.25) is 4.79 Å². The number of benzene rings is 1. The van der Waals surface area contributed by atoms with Crippen LogP contribution >= 0.6 is 11.3 Å². The van der Waals surface area contributed by atoms with Crippen LogP contribution in [0.3, 0.4) is 0 Å². The molecule has 2 amide bonds. The van der Waals surface area contributed by atoms with Crippen molar-refractivity contribution in [2.45, 2.75) is 25.3 Å². The molecule has 1 atom stereocenters. The number of thiophene rings is 1. The maximum atomic E-state index is 12.5. The number of hydrogen-bond donors (Lipinski definition) is 5. The van der Waals surface area contributed by atoms with Crippen molar-refractivity contribution in [3.05, 3.63) is 52.2 Å². The number of nitrogens with one attached hydrogen (secondary N) is 3. The number of amides is 2. The van der Waals surface area contributed by atoms with Gasteiger partial charge in [0.25, 0.3) is 5.91 Å². The number of carbonyl (C=O) groups is 2. The molecule has 0 aliphatic carbocycles. The maximum Gasteiger partial charge on any atom is 0.404 e. The van der Waals surface area contributed by atoms with E-state index in [1.54, 1.807) is 12.1 Å². The molecule has 28 heavy (non-hydrogen) atoms. The summed E-state index contributed by atoms with van der Waals surface area (Å²) in [5.74, 6) is -0.167. The Hall–Kier alpha value is -2.84. The first-order chi connectivity index (χ1) is 13.5. The monoisotopic (exact) mass is 400 g/mol. The summed E-state index contributed by atoms with van der Waals surface area (Å²) in [6, 6.07) is 11.3. The van der Waals surface area contributed by atoms with Crippen LogP contribution in [-0.4, -0.2) is 36.2 Å². The summed E-state index contributed by atoms with van der Waals surface area (Å²) in [6.07, 6.45) is 3.70. The third kappa shape index (κ3) is 5.34. The van der Waals surface area contributed by atoms with E-state index in [0.29, 0.717) is 28.8 Å². The summed E-state index contributed by atoms with van der Waals surface area (Å²) in [7, 11) is 0. The first-order valence-electron chi connectivity index (χ1n) is 9.18. The highest BCUT2D eigenvalue weighted by atomic mass is 32.1. The second-order valence-corrected chi connectivity index (χ2v) is 7.70. The van der Waals surface area contributed by atoms with Gasteiger partial charge < -0.3 is 26.8 Å². The minimum absolute atomic E-state index is 0.167. The van der Waals surface area contributed by atoms with Crippen molar-refractivity contribution in [3.63, 3.8) is 0 Å². The van der Waals surface area contributed by atoms with Crippen LogP contribution in [0, 0.1) is 0 Å². The molecule has 1 aliphatic heterocycles. The lowest BCUT2D eigenvalue weighted by Gasteiger charge is -2.24. The van der Waals surface area contributed by atoms with Gasteiger partial charge in [-0.2, -0.15) is 0 Å². The van der Waals surface area contributed by atoms with E-state index in [9.17, 15) is 9.59 Å². The average molecular weight is 401 g/mol. The lowest BCUT2D eigenvalue weighted by molar-refractivity contribution is 0.103. The fourth-order valence-corrected chi connectivity index (χ4v) is 4.10. The predicted octanol–water partition coefficient (Wildman–Crippen LogP) is 3.38. The number of para-hydroxylation sites is 2. The van der Waals surface area contributed by atoms with E-state index in [2.05, 4.69) is 22.0 Å². The molecule has 0 radical (unpaired) electrons. The van der Waals surface area contributed by atoms with E-state index in [0.717, 1.165) is 30.7 Å². The number of anilines is 2. The quantitative estimate of drug-likeness (QED) is 0.361. The largest absolute Gasteiger partial charge is 0.465 e. The zero-order chi connectivity index (χ0) is 19.9. The minimum Gasteiger partial charge on any atom is -0.465 e. The maximum absolute atomic E-state index is 12.5. The van der Waals surface area contributed by atoms with Crippen molar-refractivity contribution < 1.29 is 14.7 Å². The van der Waals surface area contributed by atoms with Gasteiger partial charge in [0.2, 0.25) is 0 Å². The molecule has 8 heteroatoms. The van der Waals surface area contributed by atoms with Crippen molar-refractivity contribution in [1.29, 1.82) is 0 Å². The molecule has 2 heterocycles. The zero-order valence-corrected chi connectivity index (χ0v) is 16.2. The van der Waals surface area contributed by atoms with Gasteiger partial charge in [-0.25, -0.2) is 4.79 Å². The van der Waals surface area contributed by atoms with Crippen LogP contribution in [0.4, 0.5) is 16.2 Å². The van der Waals surface area contributed by atoms with Gasteiger partial charge >= 0.3 is 6.09 Å². The summed E-state index contributed by atoms with van der Waals surface area (Å²) >= 11 is 1.47. The third-order valence-electron chi connectivity index (χ3n) is 4.58. The molecule has 0 fully saturated rings. The topological polar surface area (TPSA) is 116 Å². The highest BCUT2D eigenvalue weighted by Crippen LogP contribution is 2.30. The SMILES string of the molecule is Nc1ccccc1NC(=O)c1ccc(C2=CCNC(CCCNC(=O)O)C2)s1. The molecule has 0 saturated heterocycles.